The van der Waals surface area contributed by atoms with Gasteiger partial charge in [0.05, 0.1) is 10.6 Å². The van der Waals surface area contributed by atoms with Crippen molar-refractivity contribution in [3.05, 3.63) is 28.8 Å². The van der Waals surface area contributed by atoms with Crippen molar-refractivity contribution < 1.29 is 4.79 Å². The highest BCUT2D eigenvalue weighted by molar-refractivity contribution is 6.32. The molecule has 0 spiro atoms. The standard InChI is InChI=1S/C15H18ClN3O/c16-14-9-13(3-2-12(14)10-17)19-15(20)4-1-11-5-7-18-8-6-11/h2-3,9,11,18H,1,4-8H2,(H,19,20). The SMILES string of the molecule is N#Cc1ccc(NC(=O)CCC2CCNCC2)cc1Cl. The van der Waals surface area contributed by atoms with E-state index in [1.807, 2.05) is 6.07 Å². The van der Waals surface area contributed by atoms with Crippen molar-refractivity contribution in [2.75, 3.05) is 18.4 Å². The van der Waals surface area contributed by atoms with E-state index in [0.29, 0.717) is 28.6 Å². The first-order valence-corrected chi connectivity index (χ1v) is 7.27. The number of anilines is 1. The molecule has 20 heavy (non-hydrogen) atoms. The monoisotopic (exact) mass is 291 g/mol. The van der Waals surface area contributed by atoms with Crippen molar-refractivity contribution in [2.24, 2.45) is 5.92 Å². The molecule has 4 nitrogen and oxygen atoms in total. The van der Waals surface area contributed by atoms with E-state index in [9.17, 15) is 4.79 Å². The molecule has 106 valence electrons. The summed E-state index contributed by atoms with van der Waals surface area (Å²) in [5, 5.41) is 15.3. The molecular weight excluding hydrogens is 274 g/mol. The summed E-state index contributed by atoms with van der Waals surface area (Å²) < 4.78 is 0. The van der Waals surface area contributed by atoms with Crippen LogP contribution in [0.2, 0.25) is 5.02 Å². The lowest BCUT2D eigenvalue weighted by atomic mass is 9.93. The minimum Gasteiger partial charge on any atom is -0.326 e. The lowest BCUT2D eigenvalue weighted by Crippen LogP contribution is -2.28. The molecule has 0 aliphatic carbocycles. The number of amides is 1. The predicted octanol–water partition coefficient (Wildman–Crippen LogP) is 2.93. The van der Waals surface area contributed by atoms with E-state index in [-0.39, 0.29) is 5.91 Å². The fraction of sp³-hybridized carbons (Fsp3) is 0.467. The molecule has 1 amide bonds. The van der Waals surface area contributed by atoms with Crippen LogP contribution in [-0.4, -0.2) is 19.0 Å². The molecule has 2 rings (SSSR count). The van der Waals surface area contributed by atoms with Gasteiger partial charge in [-0.3, -0.25) is 4.79 Å². The maximum Gasteiger partial charge on any atom is 0.224 e. The number of nitrogens with one attached hydrogen (secondary N) is 2. The van der Waals surface area contributed by atoms with Crippen molar-refractivity contribution in [3.63, 3.8) is 0 Å². The van der Waals surface area contributed by atoms with Gasteiger partial charge in [0.25, 0.3) is 0 Å². The first-order valence-electron chi connectivity index (χ1n) is 6.89. The number of carbonyl (C=O) groups excluding carboxylic acids is 1. The van der Waals surface area contributed by atoms with Gasteiger partial charge in [-0.05, 0) is 56.5 Å². The maximum atomic E-state index is 11.9. The van der Waals surface area contributed by atoms with Gasteiger partial charge in [0.15, 0.2) is 0 Å². The molecule has 0 radical (unpaired) electrons. The third-order valence-corrected chi connectivity index (χ3v) is 3.92. The van der Waals surface area contributed by atoms with Crippen molar-refractivity contribution in [1.82, 2.24) is 5.32 Å². The molecule has 0 saturated carbocycles. The zero-order valence-corrected chi connectivity index (χ0v) is 12.0. The van der Waals surface area contributed by atoms with Gasteiger partial charge in [-0.2, -0.15) is 5.26 Å². The van der Waals surface area contributed by atoms with Crippen molar-refractivity contribution >= 4 is 23.2 Å². The van der Waals surface area contributed by atoms with Crippen LogP contribution in [0, 0.1) is 17.2 Å². The number of nitriles is 1. The van der Waals surface area contributed by atoms with Crippen LogP contribution < -0.4 is 10.6 Å². The molecule has 0 aromatic heterocycles. The van der Waals surface area contributed by atoms with Gasteiger partial charge in [-0.15, -0.1) is 0 Å². The van der Waals surface area contributed by atoms with E-state index < -0.39 is 0 Å². The van der Waals surface area contributed by atoms with Crippen LogP contribution >= 0.6 is 11.6 Å². The summed E-state index contributed by atoms with van der Waals surface area (Å²) in [7, 11) is 0. The molecule has 1 saturated heterocycles. The molecule has 1 aliphatic heterocycles. The lowest BCUT2D eigenvalue weighted by Gasteiger charge is -2.22. The first kappa shape index (κ1) is 14.8. The molecule has 2 N–H and O–H groups in total. The number of piperidine rings is 1. The fourth-order valence-corrected chi connectivity index (χ4v) is 2.64. The van der Waals surface area contributed by atoms with Gasteiger partial charge in [0.1, 0.15) is 6.07 Å². The average Bonchev–Trinajstić information content (AvgIpc) is 2.46. The highest BCUT2D eigenvalue weighted by atomic mass is 35.5. The van der Waals surface area contributed by atoms with Gasteiger partial charge >= 0.3 is 0 Å². The molecule has 1 aliphatic rings. The fourth-order valence-electron chi connectivity index (χ4n) is 2.41. The lowest BCUT2D eigenvalue weighted by molar-refractivity contribution is -0.116. The Labute approximate surface area is 124 Å². The largest absolute Gasteiger partial charge is 0.326 e. The highest BCUT2D eigenvalue weighted by Gasteiger charge is 2.14. The summed E-state index contributed by atoms with van der Waals surface area (Å²) in [6.07, 6.45) is 3.76. The first-order chi connectivity index (χ1) is 9.69. The minimum absolute atomic E-state index is 0.00399. The molecule has 0 atom stereocenters. The van der Waals surface area contributed by atoms with Gasteiger partial charge in [-0.25, -0.2) is 0 Å². The summed E-state index contributed by atoms with van der Waals surface area (Å²) >= 11 is 5.93. The van der Waals surface area contributed by atoms with Gasteiger partial charge in [-0.1, -0.05) is 11.6 Å². The van der Waals surface area contributed by atoms with Crippen LogP contribution in [-0.2, 0) is 4.79 Å². The molecule has 0 bridgehead atoms. The summed E-state index contributed by atoms with van der Waals surface area (Å²) in [6.45, 7) is 2.11. The van der Waals surface area contributed by atoms with Crippen molar-refractivity contribution in [3.8, 4) is 6.07 Å². The van der Waals surface area contributed by atoms with E-state index in [0.717, 1.165) is 32.4 Å². The maximum absolute atomic E-state index is 11.9. The molecule has 1 fully saturated rings. The Hall–Kier alpha value is -1.57. The Morgan fingerprint density at radius 1 is 1.45 bits per heavy atom. The topological polar surface area (TPSA) is 64.9 Å². The van der Waals surface area contributed by atoms with Crippen LogP contribution in [0.15, 0.2) is 18.2 Å². The number of hydrogen-bond donors (Lipinski definition) is 2. The summed E-state index contributed by atoms with van der Waals surface area (Å²) in [6, 6.07) is 6.92. The Morgan fingerprint density at radius 3 is 2.85 bits per heavy atom. The molecule has 0 unspecified atom stereocenters. The second-order valence-corrected chi connectivity index (χ2v) is 5.49. The highest BCUT2D eigenvalue weighted by Crippen LogP contribution is 2.21. The van der Waals surface area contributed by atoms with E-state index in [1.54, 1.807) is 18.2 Å². The van der Waals surface area contributed by atoms with Crippen LogP contribution in [0.25, 0.3) is 0 Å². The Kier molecular flexibility index (Phi) is 5.40. The van der Waals surface area contributed by atoms with Crippen molar-refractivity contribution in [2.45, 2.75) is 25.7 Å². The second-order valence-electron chi connectivity index (χ2n) is 5.09. The van der Waals surface area contributed by atoms with Crippen LogP contribution in [0.5, 0.6) is 0 Å². The minimum atomic E-state index is 0.00399. The second kappa shape index (κ2) is 7.28. The molecule has 1 aromatic rings. The summed E-state index contributed by atoms with van der Waals surface area (Å²) in [5.74, 6) is 0.649. The number of halogens is 1. The molecule has 1 heterocycles. The zero-order chi connectivity index (χ0) is 14.4. The zero-order valence-electron chi connectivity index (χ0n) is 11.3. The number of benzene rings is 1. The van der Waals surface area contributed by atoms with Gasteiger partial charge in [0.2, 0.25) is 5.91 Å². The Bertz CT molecular complexity index is 518. The smallest absolute Gasteiger partial charge is 0.224 e. The van der Waals surface area contributed by atoms with Gasteiger partial charge < -0.3 is 10.6 Å². The molecule has 1 aromatic carbocycles. The van der Waals surface area contributed by atoms with Crippen molar-refractivity contribution in [1.29, 1.82) is 5.26 Å². The average molecular weight is 292 g/mol. The Morgan fingerprint density at radius 2 is 2.20 bits per heavy atom. The molecular formula is C15H18ClN3O. The van der Waals surface area contributed by atoms with E-state index in [2.05, 4.69) is 10.6 Å². The quantitative estimate of drug-likeness (QED) is 0.896. The third kappa shape index (κ3) is 4.22. The van der Waals surface area contributed by atoms with Crippen LogP contribution in [0.1, 0.15) is 31.2 Å². The van der Waals surface area contributed by atoms with Gasteiger partial charge in [0, 0.05) is 12.1 Å². The number of rotatable bonds is 4. The normalized spacial score (nSPS) is 15.6. The van der Waals surface area contributed by atoms with E-state index >= 15 is 0 Å². The van der Waals surface area contributed by atoms with Crippen LogP contribution in [0.4, 0.5) is 5.69 Å². The number of hydrogen-bond acceptors (Lipinski definition) is 3. The third-order valence-electron chi connectivity index (χ3n) is 3.61. The number of nitrogens with zero attached hydrogens (tertiary/aromatic N) is 1. The number of carbonyl (C=O) groups is 1. The Balaban J connectivity index is 1.82. The molecule has 5 heteroatoms. The van der Waals surface area contributed by atoms with E-state index in [4.69, 9.17) is 16.9 Å². The summed E-state index contributed by atoms with van der Waals surface area (Å²) in [5.41, 5.74) is 1.06. The predicted molar refractivity (Wildman–Crippen MR) is 79.6 cm³/mol. The van der Waals surface area contributed by atoms with E-state index in [1.165, 1.54) is 0 Å². The van der Waals surface area contributed by atoms with Crippen LogP contribution in [0.3, 0.4) is 0 Å². The summed E-state index contributed by atoms with van der Waals surface area (Å²) in [4.78, 5) is 11.9.